The minimum Gasteiger partial charge on any atom is -0.497 e. The molecule has 1 amide bonds. The normalized spacial score (nSPS) is 11.0. The highest BCUT2D eigenvalue weighted by Gasteiger charge is 2.12. The van der Waals surface area contributed by atoms with Gasteiger partial charge in [0.25, 0.3) is 5.91 Å². The number of methoxy groups -OCH3 is 1. The smallest absolute Gasteiger partial charge is 0.289 e. The maximum atomic E-state index is 12.3. The summed E-state index contributed by atoms with van der Waals surface area (Å²) in [6, 6.07) is 23.2. The predicted molar refractivity (Wildman–Crippen MR) is 110 cm³/mol. The third-order valence-corrected chi connectivity index (χ3v) is 4.38. The number of amides is 1. The van der Waals surface area contributed by atoms with Gasteiger partial charge in [-0.25, -0.2) is 5.43 Å². The molecule has 0 atom stereocenters. The van der Waals surface area contributed by atoms with Crippen molar-refractivity contribution in [2.75, 3.05) is 7.11 Å². The van der Waals surface area contributed by atoms with Crippen LogP contribution in [-0.4, -0.2) is 29.4 Å². The quantitative estimate of drug-likeness (QED) is 0.412. The SMILES string of the molecule is COc1ccc(/C=N\NC(=O)c2cc(-c3cccc4ccccc34)n[nH]2)cc1. The monoisotopic (exact) mass is 370 g/mol. The second kappa shape index (κ2) is 7.75. The number of hydrogen-bond acceptors (Lipinski definition) is 4. The van der Waals surface area contributed by atoms with Crippen molar-refractivity contribution in [1.82, 2.24) is 15.6 Å². The average Bonchev–Trinajstić information content (AvgIpc) is 3.24. The third-order valence-electron chi connectivity index (χ3n) is 4.38. The van der Waals surface area contributed by atoms with Crippen molar-refractivity contribution in [2.24, 2.45) is 5.10 Å². The molecule has 6 nitrogen and oxygen atoms in total. The summed E-state index contributed by atoms with van der Waals surface area (Å²) in [6.45, 7) is 0. The number of ether oxygens (including phenoxy) is 1. The Hall–Kier alpha value is -3.93. The van der Waals surface area contributed by atoms with Crippen LogP contribution in [0.1, 0.15) is 16.1 Å². The summed E-state index contributed by atoms with van der Waals surface area (Å²) < 4.78 is 5.11. The van der Waals surface area contributed by atoms with Gasteiger partial charge in [-0.1, -0.05) is 42.5 Å². The molecule has 4 aromatic rings. The van der Waals surface area contributed by atoms with E-state index in [0.717, 1.165) is 27.6 Å². The van der Waals surface area contributed by atoms with Crippen LogP contribution in [0.2, 0.25) is 0 Å². The molecule has 1 aromatic heterocycles. The molecule has 28 heavy (non-hydrogen) atoms. The van der Waals surface area contributed by atoms with Gasteiger partial charge >= 0.3 is 0 Å². The van der Waals surface area contributed by atoms with E-state index in [9.17, 15) is 4.79 Å². The van der Waals surface area contributed by atoms with Crippen LogP contribution in [0.3, 0.4) is 0 Å². The first kappa shape index (κ1) is 17.5. The molecule has 6 heteroatoms. The predicted octanol–water partition coefficient (Wildman–Crippen LogP) is 4.00. The van der Waals surface area contributed by atoms with Gasteiger partial charge in [-0.2, -0.15) is 10.2 Å². The minimum absolute atomic E-state index is 0.342. The summed E-state index contributed by atoms with van der Waals surface area (Å²) in [5.41, 5.74) is 5.37. The number of carbonyl (C=O) groups is 1. The zero-order valence-electron chi connectivity index (χ0n) is 15.2. The largest absolute Gasteiger partial charge is 0.497 e. The van der Waals surface area contributed by atoms with Gasteiger partial charge in [0.1, 0.15) is 11.4 Å². The highest BCUT2D eigenvalue weighted by Crippen LogP contribution is 2.27. The first-order valence-corrected chi connectivity index (χ1v) is 8.75. The average molecular weight is 370 g/mol. The number of nitrogens with zero attached hydrogens (tertiary/aromatic N) is 2. The fourth-order valence-corrected chi connectivity index (χ4v) is 2.94. The highest BCUT2D eigenvalue weighted by atomic mass is 16.5. The van der Waals surface area contributed by atoms with Crippen LogP contribution in [-0.2, 0) is 0 Å². The maximum absolute atomic E-state index is 12.3. The standard InChI is InChI=1S/C22H18N4O2/c1-28-17-11-9-15(10-12-17)14-23-26-22(27)21-13-20(24-25-21)19-8-4-6-16-5-2-3-7-18(16)19/h2-14H,1H3,(H,24,25)(H,26,27)/b23-14-. The van der Waals surface area contributed by atoms with E-state index < -0.39 is 0 Å². The number of rotatable bonds is 5. The molecule has 0 radical (unpaired) electrons. The third kappa shape index (κ3) is 3.61. The topological polar surface area (TPSA) is 79.4 Å². The molecule has 138 valence electrons. The van der Waals surface area contributed by atoms with Gasteiger partial charge in [0.2, 0.25) is 0 Å². The van der Waals surface area contributed by atoms with Gasteiger partial charge in [0.15, 0.2) is 0 Å². The Kier molecular flexibility index (Phi) is 4.84. The number of aromatic amines is 1. The molecule has 3 aromatic carbocycles. The van der Waals surface area contributed by atoms with Gasteiger partial charge in [-0.15, -0.1) is 0 Å². The summed E-state index contributed by atoms with van der Waals surface area (Å²) in [4.78, 5) is 12.3. The maximum Gasteiger partial charge on any atom is 0.289 e. The second-order valence-corrected chi connectivity index (χ2v) is 6.17. The van der Waals surface area contributed by atoms with E-state index >= 15 is 0 Å². The van der Waals surface area contributed by atoms with Crippen LogP contribution >= 0.6 is 0 Å². The van der Waals surface area contributed by atoms with E-state index in [0.29, 0.717) is 11.4 Å². The van der Waals surface area contributed by atoms with Gasteiger partial charge < -0.3 is 4.74 Å². The number of H-pyrrole nitrogens is 1. The molecular weight excluding hydrogens is 352 g/mol. The molecule has 0 unspecified atom stereocenters. The van der Waals surface area contributed by atoms with Crippen molar-refractivity contribution in [3.05, 3.63) is 84.1 Å². The summed E-state index contributed by atoms with van der Waals surface area (Å²) in [5.74, 6) is 0.406. The Labute approximate surface area is 161 Å². The van der Waals surface area contributed by atoms with Crippen LogP contribution in [0, 0.1) is 0 Å². The minimum atomic E-state index is -0.358. The van der Waals surface area contributed by atoms with E-state index in [-0.39, 0.29) is 5.91 Å². The number of aromatic nitrogens is 2. The fourth-order valence-electron chi connectivity index (χ4n) is 2.94. The molecule has 0 bridgehead atoms. The summed E-state index contributed by atoms with van der Waals surface area (Å²) >= 11 is 0. The lowest BCUT2D eigenvalue weighted by Gasteiger charge is -2.02. The van der Waals surface area contributed by atoms with Crippen LogP contribution in [0.25, 0.3) is 22.0 Å². The molecule has 2 N–H and O–H groups in total. The van der Waals surface area contributed by atoms with E-state index in [1.54, 1.807) is 19.4 Å². The van der Waals surface area contributed by atoms with Crippen LogP contribution in [0.5, 0.6) is 5.75 Å². The van der Waals surface area contributed by atoms with Crippen molar-refractivity contribution in [2.45, 2.75) is 0 Å². The van der Waals surface area contributed by atoms with Gasteiger partial charge in [0, 0.05) is 5.56 Å². The van der Waals surface area contributed by atoms with Gasteiger partial charge in [-0.05, 0) is 46.7 Å². The molecule has 0 saturated heterocycles. The first-order chi connectivity index (χ1) is 13.7. The molecule has 1 heterocycles. The van der Waals surface area contributed by atoms with Crippen molar-refractivity contribution in [1.29, 1.82) is 0 Å². The Morgan fingerprint density at radius 1 is 1.07 bits per heavy atom. The summed E-state index contributed by atoms with van der Waals surface area (Å²) in [7, 11) is 1.61. The number of benzene rings is 3. The first-order valence-electron chi connectivity index (χ1n) is 8.75. The van der Waals surface area contributed by atoms with Crippen LogP contribution in [0.4, 0.5) is 0 Å². The fraction of sp³-hybridized carbons (Fsp3) is 0.0455. The Balaban J connectivity index is 1.49. The highest BCUT2D eigenvalue weighted by molar-refractivity contribution is 5.98. The van der Waals surface area contributed by atoms with Crippen LogP contribution in [0.15, 0.2) is 77.9 Å². The molecular formula is C22H18N4O2. The number of hydrogen-bond donors (Lipinski definition) is 2. The molecule has 0 saturated carbocycles. The molecule has 0 spiro atoms. The Morgan fingerprint density at radius 3 is 2.68 bits per heavy atom. The Bertz CT molecular complexity index is 1140. The van der Waals surface area contributed by atoms with Crippen molar-refractivity contribution in [3.8, 4) is 17.0 Å². The van der Waals surface area contributed by atoms with Gasteiger partial charge in [0.05, 0.1) is 19.0 Å². The molecule has 4 rings (SSSR count). The van der Waals surface area contributed by atoms with Crippen molar-refractivity contribution >= 4 is 22.9 Å². The lowest BCUT2D eigenvalue weighted by atomic mass is 10.0. The van der Waals surface area contributed by atoms with Crippen LogP contribution < -0.4 is 10.2 Å². The number of hydrazone groups is 1. The van der Waals surface area contributed by atoms with Gasteiger partial charge in [-0.3, -0.25) is 9.89 Å². The van der Waals surface area contributed by atoms with E-state index in [2.05, 4.69) is 20.7 Å². The molecule has 0 aliphatic carbocycles. The lowest BCUT2D eigenvalue weighted by Crippen LogP contribution is -2.17. The number of carbonyl (C=O) groups excluding carboxylic acids is 1. The molecule has 0 fully saturated rings. The van der Waals surface area contributed by atoms with E-state index in [1.807, 2.05) is 66.7 Å². The zero-order valence-corrected chi connectivity index (χ0v) is 15.2. The van der Waals surface area contributed by atoms with Crippen molar-refractivity contribution < 1.29 is 9.53 Å². The summed E-state index contributed by atoms with van der Waals surface area (Å²) in [5, 5.41) is 13.3. The number of fused-ring (bicyclic) bond motifs is 1. The zero-order chi connectivity index (χ0) is 19.3. The lowest BCUT2D eigenvalue weighted by molar-refractivity contribution is 0.0950. The molecule has 0 aliphatic rings. The Morgan fingerprint density at radius 2 is 1.86 bits per heavy atom. The molecule has 0 aliphatic heterocycles. The van der Waals surface area contributed by atoms with E-state index in [1.165, 1.54) is 0 Å². The van der Waals surface area contributed by atoms with Crippen molar-refractivity contribution in [3.63, 3.8) is 0 Å². The van der Waals surface area contributed by atoms with E-state index in [4.69, 9.17) is 4.74 Å². The summed E-state index contributed by atoms with van der Waals surface area (Å²) in [6.07, 6.45) is 1.57. The number of nitrogens with one attached hydrogen (secondary N) is 2. The second-order valence-electron chi connectivity index (χ2n) is 6.17.